The van der Waals surface area contributed by atoms with E-state index in [1.165, 1.54) is 12.1 Å². The number of Topliss-reactive ketones (excluding diaryl/α,β-unsaturated/α-hetero) is 1. The Morgan fingerprint density at radius 2 is 1.59 bits per heavy atom. The lowest BCUT2D eigenvalue weighted by molar-refractivity contribution is -0.384. The first-order valence-corrected chi connectivity index (χ1v) is 10.3. The summed E-state index contributed by atoms with van der Waals surface area (Å²) >= 11 is 0. The first-order chi connectivity index (χ1) is 13.9. The van der Waals surface area contributed by atoms with E-state index in [-0.39, 0.29) is 22.1 Å². The van der Waals surface area contributed by atoms with E-state index in [0.717, 1.165) is 11.1 Å². The molecule has 0 fully saturated rings. The Morgan fingerprint density at radius 1 is 0.966 bits per heavy atom. The number of hydrogen-bond donors (Lipinski definition) is 0. The molecule has 3 aromatic rings. The lowest BCUT2D eigenvalue weighted by Crippen LogP contribution is -2.10. The normalized spacial score (nSPS) is 12.4. The van der Waals surface area contributed by atoms with Crippen molar-refractivity contribution in [2.24, 2.45) is 0 Å². The molecule has 0 aliphatic carbocycles. The second-order valence-electron chi connectivity index (χ2n) is 6.53. The molecule has 0 aliphatic rings. The molecule has 0 amide bonds. The number of non-ortho nitro benzene ring substituents is 1. The van der Waals surface area contributed by atoms with E-state index < -0.39 is 15.7 Å². The minimum atomic E-state index is -1.58. The van der Waals surface area contributed by atoms with Gasteiger partial charge in [0.15, 0.2) is 0 Å². The fourth-order valence-corrected chi connectivity index (χ4v) is 3.97. The third-order valence-electron chi connectivity index (χ3n) is 4.33. The molecule has 1 unspecified atom stereocenters. The molecule has 146 valence electrons. The number of nitro groups is 1. The van der Waals surface area contributed by atoms with Gasteiger partial charge in [0, 0.05) is 17.7 Å². The zero-order valence-corrected chi connectivity index (χ0v) is 16.6. The van der Waals surface area contributed by atoms with Gasteiger partial charge in [-0.25, -0.2) is 0 Å². The summed E-state index contributed by atoms with van der Waals surface area (Å²) in [4.78, 5) is 23.6. The summed E-state index contributed by atoms with van der Waals surface area (Å²) in [5.74, 6) is -0.116. The summed E-state index contributed by atoms with van der Waals surface area (Å²) < 4.78 is 13.1. The molecule has 0 spiro atoms. The van der Waals surface area contributed by atoms with Gasteiger partial charge in [-0.05, 0) is 36.3 Å². The highest BCUT2D eigenvalue weighted by atomic mass is 32.2. The third kappa shape index (κ3) is 5.33. The van der Waals surface area contributed by atoms with Gasteiger partial charge >= 0.3 is 0 Å². The van der Waals surface area contributed by atoms with E-state index in [2.05, 4.69) is 0 Å². The maximum absolute atomic E-state index is 13.1. The molecule has 0 saturated heterocycles. The van der Waals surface area contributed by atoms with E-state index in [0.29, 0.717) is 11.1 Å². The van der Waals surface area contributed by atoms with Gasteiger partial charge in [0.2, 0.25) is 5.78 Å². The molecule has 3 rings (SSSR count). The smallest absolute Gasteiger partial charge is 0.269 e. The number of hydrogen-bond acceptors (Lipinski definition) is 4. The van der Waals surface area contributed by atoms with Gasteiger partial charge in [-0.3, -0.25) is 19.1 Å². The topological polar surface area (TPSA) is 77.3 Å². The van der Waals surface area contributed by atoms with Crippen molar-refractivity contribution in [2.75, 3.05) is 0 Å². The number of carbonyl (C=O) groups excluding carboxylic acids is 1. The van der Waals surface area contributed by atoms with Crippen molar-refractivity contribution in [2.45, 2.75) is 12.7 Å². The SMILES string of the molecule is Cc1ccc(C(=O)/C(=C/c2ccc([N+](=O)[O-])cc2)S(=O)Cc2ccccc2)cc1. The molecule has 0 heterocycles. The number of ketones is 1. The van der Waals surface area contributed by atoms with Crippen LogP contribution >= 0.6 is 0 Å². The van der Waals surface area contributed by atoms with Gasteiger partial charge in [-0.2, -0.15) is 0 Å². The molecule has 3 aromatic carbocycles. The van der Waals surface area contributed by atoms with Gasteiger partial charge in [0.1, 0.15) is 0 Å². The Labute approximate surface area is 171 Å². The Bertz CT molecular complexity index is 1070. The Kier molecular flexibility index (Phi) is 6.46. The summed E-state index contributed by atoms with van der Waals surface area (Å²) in [6.45, 7) is 1.93. The van der Waals surface area contributed by atoms with Crippen molar-refractivity contribution in [3.63, 3.8) is 0 Å². The number of nitro benzene ring substituents is 1. The van der Waals surface area contributed by atoms with Crippen LogP contribution in [0.4, 0.5) is 5.69 Å². The number of carbonyl (C=O) groups is 1. The monoisotopic (exact) mass is 405 g/mol. The van der Waals surface area contributed by atoms with Crippen LogP contribution in [0.25, 0.3) is 6.08 Å². The van der Waals surface area contributed by atoms with Crippen LogP contribution in [0.15, 0.2) is 83.8 Å². The largest absolute Gasteiger partial charge is 0.288 e. The molecule has 6 heteroatoms. The first kappa shape index (κ1) is 20.4. The van der Waals surface area contributed by atoms with Gasteiger partial charge < -0.3 is 0 Å². The molecule has 0 aromatic heterocycles. The van der Waals surface area contributed by atoms with Crippen molar-refractivity contribution >= 4 is 28.3 Å². The predicted molar refractivity (Wildman–Crippen MR) is 115 cm³/mol. The minimum absolute atomic E-state index is 0.0426. The number of aryl methyl sites for hydroxylation is 1. The van der Waals surface area contributed by atoms with Gasteiger partial charge in [-0.1, -0.05) is 60.2 Å². The van der Waals surface area contributed by atoms with E-state index in [4.69, 9.17) is 0 Å². The van der Waals surface area contributed by atoms with Crippen molar-refractivity contribution in [1.29, 1.82) is 0 Å². The summed E-state index contributed by atoms with van der Waals surface area (Å²) in [5, 5.41) is 10.9. The van der Waals surface area contributed by atoms with Crippen LogP contribution in [0.3, 0.4) is 0 Å². The van der Waals surface area contributed by atoms with E-state index in [9.17, 15) is 19.1 Å². The van der Waals surface area contributed by atoms with Crippen LogP contribution < -0.4 is 0 Å². The molecule has 5 nitrogen and oxygen atoms in total. The summed E-state index contributed by atoms with van der Waals surface area (Å²) in [5.41, 5.74) is 2.86. The van der Waals surface area contributed by atoms with Crippen LogP contribution in [0.2, 0.25) is 0 Å². The molecule has 0 aliphatic heterocycles. The van der Waals surface area contributed by atoms with Crippen molar-refractivity contribution in [3.05, 3.63) is 116 Å². The van der Waals surface area contributed by atoms with E-state index >= 15 is 0 Å². The maximum atomic E-state index is 13.1. The molecule has 1 atom stereocenters. The van der Waals surface area contributed by atoms with Crippen LogP contribution in [-0.2, 0) is 16.6 Å². The average molecular weight is 405 g/mol. The molecule has 0 bridgehead atoms. The first-order valence-electron chi connectivity index (χ1n) is 8.94. The van der Waals surface area contributed by atoms with E-state index in [1.54, 1.807) is 30.3 Å². The molecular weight excluding hydrogens is 386 g/mol. The predicted octanol–water partition coefficient (Wildman–Crippen LogP) is 5.08. The summed E-state index contributed by atoms with van der Waals surface area (Å²) in [6.07, 6.45) is 1.55. The molecule has 29 heavy (non-hydrogen) atoms. The average Bonchev–Trinajstić information content (AvgIpc) is 2.73. The molecule has 0 radical (unpaired) electrons. The standard InChI is InChI=1S/C23H19NO4S/c1-17-7-11-20(12-8-17)23(25)22(29(28)16-19-5-3-2-4-6-19)15-18-9-13-21(14-10-18)24(26)27/h2-15H,16H2,1H3/b22-15-. The number of allylic oxidation sites excluding steroid dienone is 1. The highest BCUT2D eigenvalue weighted by Crippen LogP contribution is 2.21. The highest BCUT2D eigenvalue weighted by Gasteiger charge is 2.19. The number of benzene rings is 3. The summed E-state index contributed by atoms with van der Waals surface area (Å²) in [6, 6.07) is 22.2. The van der Waals surface area contributed by atoms with Crippen LogP contribution in [0, 0.1) is 17.0 Å². The van der Waals surface area contributed by atoms with Gasteiger partial charge in [0.05, 0.1) is 26.4 Å². The quantitative estimate of drug-likeness (QED) is 0.238. The summed E-state index contributed by atoms with van der Waals surface area (Å²) in [7, 11) is -1.58. The maximum Gasteiger partial charge on any atom is 0.269 e. The molecule has 0 saturated carbocycles. The van der Waals surface area contributed by atoms with Crippen molar-refractivity contribution in [1.82, 2.24) is 0 Å². The van der Waals surface area contributed by atoms with Crippen LogP contribution in [-0.4, -0.2) is 14.9 Å². The Hall–Kier alpha value is -3.38. The fraction of sp³-hybridized carbons (Fsp3) is 0.0870. The zero-order valence-electron chi connectivity index (χ0n) is 15.8. The zero-order chi connectivity index (χ0) is 20.8. The fourth-order valence-electron chi connectivity index (χ4n) is 2.73. The van der Waals surface area contributed by atoms with Crippen LogP contribution in [0.1, 0.15) is 27.0 Å². The Balaban J connectivity index is 1.97. The second-order valence-corrected chi connectivity index (χ2v) is 7.95. The minimum Gasteiger partial charge on any atom is -0.288 e. The molecule has 0 N–H and O–H groups in total. The van der Waals surface area contributed by atoms with E-state index in [1.807, 2.05) is 49.4 Å². The number of rotatable bonds is 7. The third-order valence-corrected chi connectivity index (χ3v) is 5.71. The lowest BCUT2D eigenvalue weighted by Gasteiger charge is -2.08. The second kappa shape index (κ2) is 9.21. The van der Waals surface area contributed by atoms with Crippen molar-refractivity contribution in [3.8, 4) is 0 Å². The lowest BCUT2D eigenvalue weighted by atomic mass is 10.1. The highest BCUT2D eigenvalue weighted by molar-refractivity contribution is 7.89. The van der Waals surface area contributed by atoms with Crippen LogP contribution in [0.5, 0.6) is 0 Å². The van der Waals surface area contributed by atoms with Gasteiger partial charge in [-0.15, -0.1) is 0 Å². The van der Waals surface area contributed by atoms with Crippen molar-refractivity contribution < 1.29 is 13.9 Å². The number of nitrogens with zero attached hydrogens (tertiary/aromatic N) is 1. The molecular formula is C23H19NO4S. The van der Waals surface area contributed by atoms with Gasteiger partial charge in [0.25, 0.3) is 5.69 Å². The Morgan fingerprint density at radius 3 is 2.17 bits per heavy atom.